The highest BCUT2D eigenvalue weighted by Crippen LogP contribution is 2.27. The fourth-order valence-electron chi connectivity index (χ4n) is 2.58. The number of methoxy groups -OCH3 is 1. The summed E-state index contributed by atoms with van der Waals surface area (Å²) >= 11 is 5.98. The molecule has 2 aromatic carbocycles. The second kappa shape index (κ2) is 8.21. The lowest BCUT2D eigenvalue weighted by atomic mass is 10.1. The second-order valence-corrected chi connectivity index (χ2v) is 6.28. The highest BCUT2D eigenvalue weighted by Gasteiger charge is 2.14. The zero-order chi connectivity index (χ0) is 18.6. The Morgan fingerprint density at radius 1 is 1.24 bits per heavy atom. The molecule has 0 aliphatic rings. The largest absolute Gasteiger partial charge is 0.494 e. The van der Waals surface area contributed by atoms with Crippen molar-refractivity contribution < 1.29 is 18.7 Å². The normalized spacial score (nSPS) is 11.8. The van der Waals surface area contributed by atoms with Crippen molar-refractivity contribution in [3.05, 3.63) is 57.9 Å². The van der Waals surface area contributed by atoms with E-state index in [2.05, 4.69) is 5.32 Å². The van der Waals surface area contributed by atoms with Gasteiger partial charge >= 0.3 is 0 Å². The fourth-order valence-corrected chi connectivity index (χ4v) is 2.91. The molecule has 2 aromatic rings. The molecule has 1 atom stereocenters. The number of halogens is 2. The van der Waals surface area contributed by atoms with Gasteiger partial charge in [-0.1, -0.05) is 17.7 Å². The van der Waals surface area contributed by atoms with Crippen molar-refractivity contribution in [1.29, 1.82) is 0 Å². The smallest absolute Gasteiger partial charge is 0.258 e. The van der Waals surface area contributed by atoms with Crippen LogP contribution in [0, 0.1) is 19.7 Å². The topological polar surface area (TPSA) is 47.6 Å². The maximum atomic E-state index is 13.8. The molecule has 4 nitrogen and oxygen atoms in total. The Hall–Kier alpha value is -2.27. The first-order valence-electron chi connectivity index (χ1n) is 7.84. The average Bonchev–Trinajstić information content (AvgIpc) is 2.53. The second-order valence-electron chi connectivity index (χ2n) is 5.84. The lowest BCUT2D eigenvalue weighted by molar-refractivity contribution is -0.123. The molecule has 0 bridgehead atoms. The van der Waals surface area contributed by atoms with Gasteiger partial charge in [0.05, 0.1) is 13.2 Å². The van der Waals surface area contributed by atoms with Gasteiger partial charge in [-0.25, -0.2) is 4.39 Å². The van der Waals surface area contributed by atoms with Crippen LogP contribution >= 0.6 is 11.6 Å². The van der Waals surface area contributed by atoms with Crippen LogP contribution in [0.15, 0.2) is 30.3 Å². The summed E-state index contributed by atoms with van der Waals surface area (Å²) in [5.74, 6) is 0.0456. The van der Waals surface area contributed by atoms with Crippen molar-refractivity contribution in [1.82, 2.24) is 5.32 Å². The van der Waals surface area contributed by atoms with Crippen molar-refractivity contribution in [2.24, 2.45) is 0 Å². The van der Waals surface area contributed by atoms with E-state index in [1.165, 1.54) is 19.2 Å². The van der Waals surface area contributed by atoms with Gasteiger partial charge in [-0.3, -0.25) is 4.79 Å². The predicted octanol–water partition coefficient (Wildman–Crippen LogP) is 4.36. The van der Waals surface area contributed by atoms with Gasteiger partial charge in [0.15, 0.2) is 18.2 Å². The van der Waals surface area contributed by atoms with Gasteiger partial charge in [0, 0.05) is 5.02 Å². The van der Waals surface area contributed by atoms with Crippen LogP contribution in [0.1, 0.15) is 29.7 Å². The first kappa shape index (κ1) is 19.1. The third-order valence-electron chi connectivity index (χ3n) is 3.83. The summed E-state index contributed by atoms with van der Waals surface area (Å²) in [6.07, 6.45) is 0. The fraction of sp³-hybridized carbons (Fsp3) is 0.316. The molecule has 0 aromatic heterocycles. The highest BCUT2D eigenvalue weighted by atomic mass is 35.5. The molecule has 2 rings (SSSR count). The molecule has 0 fully saturated rings. The summed E-state index contributed by atoms with van der Waals surface area (Å²) in [4.78, 5) is 12.1. The van der Waals surface area contributed by atoms with Crippen LogP contribution in [-0.2, 0) is 4.79 Å². The van der Waals surface area contributed by atoms with Gasteiger partial charge in [0.2, 0.25) is 0 Å². The number of aryl methyl sites for hydroxylation is 2. The Morgan fingerprint density at radius 2 is 1.88 bits per heavy atom. The van der Waals surface area contributed by atoms with Crippen molar-refractivity contribution >= 4 is 17.5 Å². The number of rotatable bonds is 6. The minimum Gasteiger partial charge on any atom is -0.494 e. The molecule has 0 saturated heterocycles. The number of amides is 1. The third-order valence-corrected chi connectivity index (χ3v) is 4.04. The number of ether oxygens (including phenoxy) is 2. The number of hydrogen-bond acceptors (Lipinski definition) is 3. The van der Waals surface area contributed by atoms with E-state index in [1.807, 2.05) is 13.8 Å². The Morgan fingerprint density at radius 3 is 2.44 bits per heavy atom. The molecule has 25 heavy (non-hydrogen) atoms. The van der Waals surface area contributed by atoms with Crippen molar-refractivity contribution in [2.75, 3.05) is 13.7 Å². The van der Waals surface area contributed by atoms with E-state index in [4.69, 9.17) is 21.1 Å². The molecule has 0 spiro atoms. The molecule has 0 unspecified atom stereocenters. The number of benzene rings is 2. The van der Waals surface area contributed by atoms with Gasteiger partial charge in [-0.15, -0.1) is 0 Å². The molecule has 6 heteroatoms. The molecule has 0 heterocycles. The number of carbonyl (C=O) groups excluding carboxylic acids is 1. The Labute approximate surface area is 151 Å². The van der Waals surface area contributed by atoms with Gasteiger partial charge in [-0.05, 0) is 61.7 Å². The maximum absolute atomic E-state index is 13.8. The summed E-state index contributed by atoms with van der Waals surface area (Å²) in [5.41, 5.74) is 2.37. The van der Waals surface area contributed by atoms with E-state index in [-0.39, 0.29) is 24.3 Å². The Balaban J connectivity index is 1.97. The van der Waals surface area contributed by atoms with E-state index in [1.54, 1.807) is 25.1 Å². The summed E-state index contributed by atoms with van der Waals surface area (Å²) in [7, 11) is 1.40. The molecule has 0 aliphatic heterocycles. The summed E-state index contributed by atoms with van der Waals surface area (Å²) in [6, 6.07) is 7.79. The van der Waals surface area contributed by atoms with E-state index < -0.39 is 5.82 Å². The maximum Gasteiger partial charge on any atom is 0.258 e. The zero-order valence-electron chi connectivity index (χ0n) is 14.7. The molecule has 1 amide bonds. The van der Waals surface area contributed by atoms with E-state index in [9.17, 15) is 9.18 Å². The third kappa shape index (κ3) is 4.86. The molecular formula is C19H21ClFNO3. The molecule has 1 N–H and O–H groups in total. The first-order valence-corrected chi connectivity index (χ1v) is 8.22. The van der Waals surface area contributed by atoms with Gasteiger partial charge < -0.3 is 14.8 Å². The monoisotopic (exact) mass is 365 g/mol. The lowest BCUT2D eigenvalue weighted by Crippen LogP contribution is -2.31. The highest BCUT2D eigenvalue weighted by molar-refractivity contribution is 6.30. The number of nitrogens with one attached hydrogen (secondary N) is 1. The van der Waals surface area contributed by atoms with Gasteiger partial charge in [-0.2, -0.15) is 0 Å². The van der Waals surface area contributed by atoms with E-state index in [0.29, 0.717) is 16.3 Å². The van der Waals surface area contributed by atoms with Crippen LogP contribution in [0.3, 0.4) is 0 Å². The van der Waals surface area contributed by atoms with Gasteiger partial charge in [0.1, 0.15) is 5.75 Å². The van der Waals surface area contributed by atoms with Crippen LogP contribution in [0.4, 0.5) is 4.39 Å². The zero-order valence-corrected chi connectivity index (χ0v) is 15.4. The standard InChI is InChI=1S/C19H21ClFNO3/c1-11-7-15(20)8-12(2)19(11)25-10-18(23)22-13(3)14-5-6-17(24-4)16(21)9-14/h5-9,13H,10H2,1-4H3,(H,22,23)/t13-/m0/s1. The van der Waals surface area contributed by atoms with Crippen molar-refractivity contribution in [3.63, 3.8) is 0 Å². The number of carbonyl (C=O) groups is 1. The van der Waals surface area contributed by atoms with Crippen LogP contribution < -0.4 is 14.8 Å². The number of hydrogen-bond donors (Lipinski definition) is 1. The average molecular weight is 366 g/mol. The van der Waals surface area contributed by atoms with Crippen molar-refractivity contribution in [2.45, 2.75) is 26.8 Å². The van der Waals surface area contributed by atoms with E-state index >= 15 is 0 Å². The van der Waals surface area contributed by atoms with Crippen LogP contribution in [0.25, 0.3) is 0 Å². The molecule has 0 radical (unpaired) electrons. The van der Waals surface area contributed by atoms with Crippen LogP contribution in [0.2, 0.25) is 5.02 Å². The molecule has 0 saturated carbocycles. The quantitative estimate of drug-likeness (QED) is 0.827. The Bertz CT molecular complexity index is 756. The first-order chi connectivity index (χ1) is 11.8. The lowest BCUT2D eigenvalue weighted by Gasteiger charge is -2.17. The van der Waals surface area contributed by atoms with Crippen LogP contribution in [-0.4, -0.2) is 19.6 Å². The van der Waals surface area contributed by atoms with E-state index in [0.717, 1.165) is 11.1 Å². The van der Waals surface area contributed by atoms with Crippen LogP contribution in [0.5, 0.6) is 11.5 Å². The van der Waals surface area contributed by atoms with Crippen molar-refractivity contribution in [3.8, 4) is 11.5 Å². The SMILES string of the molecule is COc1ccc([C@H](C)NC(=O)COc2c(C)cc(Cl)cc2C)cc1F. The molecule has 0 aliphatic carbocycles. The summed E-state index contributed by atoms with van der Waals surface area (Å²) in [5, 5.41) is 3.41. The Kier molecular flexibility index (Phi) is 6.26. The molecular weight excluding hydrogens is 345 g/mol. The predicted molar refractivity (Wildman–Crippen MR) is 95.9 cm³/mol. The molecule has 134 valence electrons. The minimum absolute atomic E-state index is 0.133. The van der Waals surface area contributed by atoms with Gasteiger partial charge in [0.25, 0.3) is 5.91 Å². The minimum atomic E-state index is -0.468. The summed E-state index contributed by atoms with van der Waals surface area (Å²) in [6.45, 7) is 5.38. The summed E-state index contributed by atoms with van der Waals surface area (Å²) < 4.78 is 24.3.